The monoisotopic (exact) mass is 399 g/mol. The minimum atomic E-state index is -0.235. The van der Waals surface area contributed by atoms with Gasteiger partial charge in [0.25, 0.3) is 11.8 Å². The summed E-state index contributed by atoms with van der Waals surface area (Å²) in [5.41, 5.74) is 2.07. The number of aromatic nitrogens is 1. The molecule has 0 saturated heterocycles. The smallest absolute Gasteiger partial charge is 0.265 e. The maximum absolute atomic E-state index is 13.1. The molecule has 0 fully saturated rings. The molecule has 3 heterocycles. The summed E-state index contributed by atoms with van der Waals surface area (Å²) in [6.45, 7) is 3.44. The van der Waals surface area contributed by atoms with Gasteiger partial charge in [-0.05, 0) is 48.7 Å². The number of fused-ring (bicyclic) bond motifs is 1. The first-order valence-corrected chi connectivity index (χ1v) is 9.91. The van der Waals surface area contributed by atoms with Gasteiger partial charge in [-0.15, -0.1) is 11.3 Å². The highest BCUT2D eigenvalue weighted by atomic mass is 35.5. The van der Waals surface area contributed by atoms with Gasteiger partial charge in [-0.3, -0.25) is 9.59 Å². The fraction of sp³-hybridized carbons (Fsp3) is 0.200. The molecule has 0 spiro atoms. The summed E-state index contributed by atoms with van der Waals surface area (Å²) in [5, 5.41) is 5.04. The van der Waals surface area contributed by atoms with E-state index in [-0.39, 0.29) is 17.9 Å². The van der Waals surface area contributed by atoms with Crippen LogP contribution in [0.15, 0.2) is 54.0 Å². The van der Waals surface area contributed by atoms with Crippen molar-refractivity contribution in [1.82, 2.24) is 9.47 Å². The number of nitrogens with zero attached hydrogens (tertiary/aromatic N) is 2. The van der Waals surface area contributed by atoms with Crippen LogP contribution in [0.3, 0.4) is 0 Å². The Labute approximate surface area is 166 Å². The van der Waals surface area contributed by atoms with Gasteiger partial charge in [-0.2, -0.15) is 0 Å². The summed E-state index contributed by atoms with van der Waals surface area (Å²) < 4.78 is 2.17. The quantitative estimate of drug-likeness (QED) is 0.695. The van der Waals surface area contributed by atoms with E-state index in [1.807, 2.05) is 41.6 Å². The van der Waals surface area contributed by atoms with Gasteiger partial charge in [-0.25, -0.2) is 0 Å². The van der Waals surface area contributed by atoms with Crippen LogP contribution in [0.2, 0.25) is 5.02 Å². The molecule has 0 radical (unpaired) electrons. The van der Waals surface area contributed by atoms with Crippen molar-refractivity contribution >= 4 is 40.4 Å². The third-order valence-electron chi connectivity index (χ3n) is 4.81. The van der Waals surface area contributed by atoms with Crippen molar-refractivity contribution in [3.05, 3.63) is 75.2 Å². The van der Waals surface area contributed by atoms with E-state index < -0.39 is 0 Å². The standard InChI is InChI=1S/C20H18ClN3O2S/c1-13-17-4-2-8-23(17)9-10-24(13)20(26)14-6-7-15(21)16(12-14)22-19(25)18-5-3-11-27-18/h2-8,11-13H,9-10H2,1H3,(H,22,25). The summed E-state index contributed by atoms with van der Waals surface area (Å²) in [6, 6.07) is 12.6. The van der Waals surface area contributed by atoms with E-state index in [1.54, 1.807) is 24.3 Å². The Balaban J connectivity index is 1.57. The van der Waals surface area contributed by atoms with Crippen LogP contribution >= 0.6 is 22.9 Å². The number of thiophene rings is 1. The molecule has 138 valence electrons. The van der Waals surface area contributed by atoms with Crippen LogP contribution in [0.5, 0.6) is 0 Å². The Morgan fingerprint density at radius 2 is 2.04 bits per heavy atom. The molecule has 27 heavy (non-hydrogen) atoms. The zero-order valence-corrected chi connectivity index (χ0v) is 16.3. The molecule has 5 nitrogen and oxygen atoms in total. The first-order valence-electron chi connectivity index (χ1n) is 8.65. The zero-order valence-electron chi connectivity index (χ0n) is 14.7. The summed E-state index contributed by atoms with van der Waals surface area (Å²) in [5.74, 6) is -0.307. The number of carbonyl (C=O) groups is 2. The number of rotatable bonds is 3. The van der Waals surface area contributed by atoms with E-state index in [1.165, 1.54) is 11.3 Å². The summed E-state index contributed by atoms with van der Waals surface area (Å²) in [4.78, 5) is 27.8. The van der Waals surface area contributed by atoms with Gasteiger partial charge >= 0.3 is 0 Å². The molecule has 1 aliphatic rings. The van der Waals surface area contributed by atoms with Crippen molar-refractivity contribution in [1.29, 1.82) is 0 Å². The number of carbonyl (C=O) groups excluding carboxylic acids is 2. The maximum Gasteiger partial charge on any atom is 0.265 e. The second-order valence-electron chi connectivity index (χ2n) is 6.43. The van der Waals surface area contributed by atoms with Crippen molar-refractivity contribution in [3.63, 3.8) is 0 Å². The molecule has 4 rings (SSSR count). The zero-order chi connectivity index (χ0) is 19.0. The lowest BCUT2D eigenvalue weighted by Gasteiger charge is -2.35. The lowest BCUT2D eigenvalue weighted by molar-refractivity contribution is 0.0644. The van der Waals surface area contributed by atoms with Crippen LogP contribution < -0.4 is 5.32 Å². The molecule has 1 aromatic carbocycles. The minimum Gasteiger partial charge on any atom is -0.348 e. The van der Waals surface area contributed by atoms with E-state index in [2.05, 4.69) is 9.88 Å². The normalized spacial score (nSPS) is 16.1. The number of amides is 2. The van der Waals surface area contributed by atoms with Gasteiger partial charge in [0, 0.05) is 30.5 Å². The molecule has 3 aromatic rings. The second-order valence-corrected chi connectivity index (χ2v) is 7.78. The highest BCUT2D eigenvalue weighted by molar-refractivity contribution is 7.12. The first kappa shape index (κ1) is 17.8. The number of nitrogens with one attached hydrogen (secondary N) is 1. The second kappa shape index (κ2) is 7.21. The van der Waals surface area contributed by atoms with Crippen molar-refractivity contribution in [3.8, 4) is 0 Å². The largest absolute Gasteiger partial charge is 0.348 e. The highest BCUT2D eigenvalue weighted by Crippen LogP contribution is 2.29. The van der Waals surface area contributed by atoms with Crippen LogP contribution in [0.1, 0.15) is 38.7 Å². The van der Waals surface area contributed by atoms with Gasteiger partial charge in [0.05, 0.1) is 21.6 Å². The molecule has 0 bridgehead atoms. The molecule has 7 heteroatoms. The third-order valence-corrected chi connectivity index (χ3v) is 6.01. The fourth-order valence-corrected chi connectivity index (χ4v) is 4.15. The molecule has 1 aliphatic heterocycles. The Kier molecular flexibility index (Phi) is 4.76. The lowest BCUT2D eigenvalue weighted by atomic mass is 10.1. The van der Waals surface area contributed by atoms with E-state index >= 15 is 0 Å². The SMILES string of the molecule is CC1c2cccn2CCN1C(=O)c1ccc(Cl)c(NC(=O)c2cccs2)c1. The molecular weight excluding hydrogens is 382 g/mol. The Morgan fingerprint density at radius 1 is 1.19 bits per heavy atom. The number of anilines is 1. The number of hydrogen-bond donors (Lipinski definition) is 1. The summed E-state index contributed by atoms with van der Waals surface area (Å²) >= 11 is 7.58. The molecule has 1 atom stereocenters. The Morgan fingerprint density at radius 3 is 2.81 bits per heavy atom. The van der Waals surface area contributed by atoms with Crippen LogP contribution in [0, 0.1) is 0 Å². The Hall–Kier alpha value is -2.57. The third kappa shape index (κ3) is 3.38. The molecule has 1 unspecified atom stereocenters. The van der Waals surface area contributed by atoms with Crippen molar-refractivity contribution in [2.24, 2.45) is 0 Å². The predicted octanol–water partition coefficient (Wildman–Crippen LogP) is 4.67. The van der Waals surface area contributed by atoms with E-state index in [4.69, 9.17) is 11.6 Å². The molecule has 0 aliphatic carbocycles. The average molecular weight is 400 g/mol. The minimum absolute atomic E-state index is 0.0129. The Bertz CT molecular complexity index is 997. The fourth-order valence-electron chi connectivity index (χ4n) is 3.37. The first-order chi connectivity index (χ1) is 13.0. The van der Waals surface area contributed by atoms with E-state index in [9.17, 15) is 9.59 Å². The number of benzene rings is 1. The van der Waals surface area contributed by atoms with Crippen LogP contribution in [0.25, 0.3) is 0 Å². The average Bonchev–Trinajstić information content (AvgIpc) is 3.35. The van der Waals surface area contributed by atoms with Gasteiger partial charge in [0.2, 0.25) is 0 Å². The van der Waals surface area contributed by atoms with Crippen molar-refractivity contribution in [2.75, 3.05) is 11.9 Å². The molecule has 2 aromatic heterocycles. The van der Waals surface area contributed by atoms with E-state index in [0.29, 0.717) is 27.7 Å². The van der Waals surface area contributed by atoms with Crippen LogP contribution in [0.4, 0.5) is 5.69 Å². The van der Waals surface area contributed by atoms with Gasteiger partial charge in [0.1, 0.15) is 0 Å². The number of halogens is 1. The molecule has 2 amide bonds. The van der Waals surface area contributed by atoms with Crippen LogP contribution in [-0.4, -0.2) is 27.8 Å². The number of hydrogen-bond acceptors (Lipinski definition) is 3. The van der Waals surface area contributed by atoms with Crippen LogP contribution in [-0.2, 0) is 6.54 Å². The molecule has 0 saturated carbocycles. The van der Waals surface area contributed by atoms with Gasteiger partial charge in [-0.1, -0.05) is 17.7 Å². The van der Waals surface area contributed by atoms with Gasteiger partial charge in [0.15, 0.2) is 0 Å². The van der Waals surface area contributed by atoms with Gasteiger partial charge < -0.3 is 14.8 Å². The lowest BCUT2D eigenvalue weighted by Crippen LogP contribution is -2.40. The van der Waals surface area contributed by atoms with E-state index in [0.717, 1.165) is 12.2 Å². The maximum atomic E-state index is 13.1. The highest BCUT2D eigenvalue weighted by Gasteiger charge is 2.28. The van der Waals surface area contributed by atoms with Crippen molar-refractivity contribution < 1.29 is 9.59 Å². The predicted molar refractivity (Wildman–Crippen MR) is 108 cm³/mol. The molecular formula is C20H18ClN3O2S. The topological polar surface area (TPSA) is 54.3 Å². The summed E-state index contributed by atoms with van der Waals surface area (Å²) in [7, 11) is 0. The van der Waals surface area contributed by atoms with Crippen molar-refractivity contribution in [2.45, 2.75) is 19.5 Å². The summed E-state index contributed by atoms with van der Waals surface area (Å²) in [6.07, 6.45) is 2.04. The molecule has 1 N–H and O–H groups in total.